The van der Waals surface area contributed by atoms with Crippen LogP contribution in [0.5, 0.6) is 5.75 Å². The minimum absolute atomic E-state index is 0.106. The Bertz CT molecular complexity index is 2450. The molecule has 3 aliphatic rings. The molecule has 85 heavy (non-hydrogen) atoms. The number of hydrogen-bond donors (Lipinski definition) is 18. The molecule has 3 saturated heterocycles. The van der Waals surface area contributed by atoms with Gasteiger partial charge in [0.1, 0.15) is 60.4 Å². The Morgan fingerprint density at radius 3 is 1.86 bits per heavy atom. The smallest absolute Gasteiger partial charge is 0.300 e. The van der Waals surface area contributed by atoms with Crippen molar-refractivity contribution < 1.29 is 99.7 Å². The van der Waals surface area contributed by atoms with Gasteiger partial charge in [0.25, 0.3) is 11.9 Å². The van der Waals surface area contributed by atoms with E-state index < -0.39 is 184 Å². The molecule has 0 spiro atoms. The van der Waals surface area contributed by atoms with Crippen molar-refractivity contribution in [1.29, 1.82) is 0 Å². The summed E-state index contributed by atoms with van der Waals surface area (Å²) < 4.78 is 32.9. The number of phenolic OH excluding ortho intramolecular Hbond substituents is 1. The molecule has 0 radical (unpaired) electrons. The number of rotatable bonds is 23. The summed E-state index contributed by atoms with van der Waals surface area (Å²) >= 11 is 0. The largest absolute Gasteiger partial charge is 0.508 e. The maximum Gasteiger partial charge on any atom is 0.300 e. The number of aliphatic hydroxyl groups excluding tert-OH is 7. The fourth-order valence-corrected chi connectivity index (χ4v) is 10.1. The summed E-state index contributed by atoms with van der Waals surface area (Å²) in [6.45, 7) is 1.93. The molecule has 0 aliphatic carbocycles. The highest BCUT2D eigenvalue weighted by Gasteiger charge is 2.49. The first-order chi connectivity index (χ1) is 41.4. The lowest BCUT2D eigenvalue weighted by Crippen LogP contribution is -2.65. The molecule has 0 aromatic heterocycles. The van der Waals surface area contributed by atoms with Crippen LogP contribution in [0.25, 0.3) is 0 Å². The average Bonchev–Trinajstić information content (AvgIpc) is 3.42. The lowest BCUT2D eigenvalue weighted by Gasteiger charge is -2.35. The minimum Gasteiger partial charge on any atom is -0.508 e. The van der Waals surface area contributed by atoms with Crippen molar-refractivity contribution in [2.45, 2.75) is 217 Å². The molecule has 0 saturated carbocycles. The number of nitrogens with zero attached hydrogens (tertiary/aromatic N) is 2. The van der Waals surface area contributed by atoms with Crippen molar-refractivity contribution in [2.24, 2.45) is 23.3 Å². The summed E-state index contributed by atoms with van der Waals surface area (Å²) in [6.07, 6.45) is -10.0. The average molecular weight is 1220 g/mol. The molecule has 29 nitrogen and oxygen atoms in total. The second-order valence-electron chi connectivity index (χ2n) is 22.0. The minimum atomic E-state index is -3.33. The van der Waals surface area contributed by atoms with Crippen LogP contribution in [0.3, 0.4) is 0 Å². The van der Waals surface area contributed by atoms with Crippen LogP contribution in [0.15, 0.2) is 24.3 Å². The van der Waals surface area contributed by atoms with Crippen molar-refractivity contribution in [3.05, 3.63) is 29.8 Å². The molecule has 3 heterocycles. The number of amides is 7. The van der Waals surface area contributed by atoms with E-state index in [0.717, 1.165) is 82.7 Å². The monoisotopic (exact) mass is 1220 g/mol. The van der Waals surface area contributed by atoms with Gasteiger partial charge in [-0.3, -0.25) is 48.5 Å². The van der Waals surface area contributed by atoms with Crippen LogP contribution in [-0.2, 0) is 43.2 Å². The zero-order chi connectivity index (χ0) is 67.8. The number of unbranched alkanes of at least 4 members (excludes halogenated alkanes) is 5. The zero-order valence-electron chi connectivity index (χ0n) is 53.3. The Balaban J connectivity index is 0.00000317. The van der Waals surface area contributed by atoms with Crippen LogP contribution in [-0.4, -0.2) is 226 Å². The van der Waals surface area contributed by atoms with E-state index in [1.165, 1.54) is 12.1 Å². The summed E-state index contributed by atoms with van der Waals surface area (Å²) in [7, 11) is 0. The second-order valence-corrected chi connectivity index (χ2v) is 22.0. The van der Waals surface area contributed by atoms with E-state index in [1.807, 2.05) is 0 Å². The molecule has 0 bridgehead atoms. The van der Waals surface area contributed by atoms with Crippen molar-refractivity contribution in [3.8, 4) is 5.75 Å². The fraction of sp³-hybridized carbons (Fsp3) is 0.732. The molecule has 20 N–H and O–H groups in total. The number of carbonyl (C=O) groups excluding carboxylic acids is 7. The predicted molar refractivity (Wildman–Crippen MR) is 307 cm³/mol. The molecule has 16 atom stereocenters. The third-order valence-electron chi connectivity index (χ3n) is 14.7. The number of fused-ring (bicyclic) bond motifs is 2. The number of aliphatic carboxylic acids is 2. The van der Waals surface area contributed by atoms with E-state index in [9.17, 15) is 74.4 Å². The van der Waals surface area contributed by atoms with Gasteiger partial charge >= 0.3 is 0 Å². The first-order valence-corrected chi connectivity index (χ1v) is 28.7. The number of nitrogens with one attached hydrogen (secondary N) is 6. The van der Waals surface area contributed by atoms with E-state index in [-0.39, 0.29) is 30.7 Å². The van der Waals surface area contributed by atoms with Gasteiger partial charge in [-0.15, -0.1) is 0 Å². The Labute approximate surface area is 501 Å². The van der Waals surface area contributed by atoms with Crippen LogP contribution in [0.4, 0.5) is 0 Å². The van der Waals surface area contributed by atoms with Crippen molar-refractivity contribution >= 4 is 53.3 Å². The third kappa shape index (κ3) is 25.4. The van der Waals surface area contributed by atoms with Gasteiger partial charge in [-0.1, -0.05) is 77.8 Å². The molecule has 7 amide bonds. The quantitative estimate of drug-likeness (QED) is 0.0482. The third-order valence-corrected chi connectivity index (χ3v) is 14.7. The van der Waals surface area contributed by atoms with Crippen LogP contribution < -0.4 is 43.4 Å². The van der Waals surface area contributed by atoms with Crippen LogP contribution >= 0.6 is 0 Å². The Hall–Kier alpha value is -6.15. The zero-order valence-corrected chi connectivity index (χ0v) is 49.3. The predicted octanol–water partition coefficient (Wildman–Crippen LogP) is -3.13. The highest BCUT2D eigenvalue weighted by Crippen LogP contribution is 2.27. The van der Waals surface area contributed by atoms with Gasteiger partial charge in [-0.2, -0.15) is 0 Å². The van der Waals surface area contributed by atoms with E-state index in [1.54, 1.807) is 0 Å². The molecular weight excluding hydrogens is 1120 g/mol. The number of aromatic hydroxyl groups is 1. The van der Waals surface area contributed by atoms with Gasteiger partial charge in [-0.25, -0.2) is 0 Å². The van der Waals surface area contributed by atoms with E-state index in [2.05, 4.69) is 52.7 Å². The molecule has 1 aromatic rings. The van der Waals surface area contributed by atoms with Crippen molar-refractivity contribution in [2.75, 3.05) is 32.6 Å². The van der Waals surface area contributed by atoms with Gasteiger partial charge in [0, 0.05) is 64.7 Å². The number of nitrogens with two attached hydrogens (primary N) is 2. The molecule has 3 fully saturated rings. The molecule has 3 aliphatic heterocycles. The molecule has 484 valence electrons. The summed E-state index contributed by atoms with van der Waals surface area (Å²) in [5, 5.41) is 118. The lowest BCUT2D eigenvalue weighted by atomic mass is 9.91. The lowest BCUT2D eigenvalue weighted by molar-refractivity contribution is -0.148. The molecular formula is C56H96N10O19. The number of carbonyl (C=O) groups is 9. The van der Waals surface area contributed by atoms with Gasteiger partial charge in [0.05, 0.1) is 30.5 Å². The summed E-state index contributed by atoms with van der Waals surface area (Å²) in [6, 6.07) is -7.46. The van der Waals surface area contributed by atoms with E-state index in [0.29, 0.717) is 29.6 Å². The number of carboxylic acid groups (broad SMARTS) is 2. The maximum atomic E-state index is 14.7. The van der Waals surface area contributed by atoms with Crippen LogP contribution in [0.2, 0.25) is 0 Å². The van der Waals surface area contributed by atoms with E-state index >= 15 is 0 Å². The molecule has 1 aromatic carbocycles. The number of benzene rings is 1. The number of carboxylic acids is 2. The Morgan fingerprint density at radius 2 is 1.28 bits per heavy atom. The first-order valence-electron chi connectivity index (χ1n) is 30.7. The van der Waals surface area contributed by atoms with Gasteiger partial charge in [0.2, 0.25) is 41.4 Å². The molecule has 29 heteroatoms. The number of aliphatic hydroxyl groups is 7. The normalized spacial score (nSPS) is 27.6. The summed E-state index contributed by atoms with van der Waals surface area (Å²) in [4.78, 5) is 120. The Morgan fingerprint density at radius 1 is 0.718 bits per heavy atom. The Kier molecular flexibility index (Phi) is 30.5. The maximum absolute atomic E-state index is 14.7. The van der Waals surface area contributed by atoms with E-state index in [4.69, 9.17) is 36.8 Å². The SMILES string of the molecule is CC(=O)O.CC(=O)O.[2H]C([2H])(N)C([2H])([2H])N[C@H]1NC(=O)[C@@H]2[C@@H](O)CCN2C(=O)[C@H]([C@H](O)CCN)NC(=O)[C@H]([C@H](O)[C@@H](O)c2ccc(O)cc2)NC(=O)[C@@H]2C[C@@H](O)CN2C(=O)[C@H]([C@@H](C)O)NC(=O)[C@@H](NC(=O)CCCCCCCC[C@@H](C)C[C@@H](C)CC)C[C@H]1O. The first kappa shape index (κ1) is 68.0. The summed E-state index contributed by atoms with van der Waals surface area (Å²) in [5.41, 5.74) is 11.2. The molecule has 0 unspecified atom stereocenters. The highest BCUT2D eigenvalue weighted by atomic mass is 16.4. The van der Waals surface area contributed by atoms with Crippen LogP contribution in [0.1, 0.15) is 149 Å². The molecule has 4 rings (SSSR count). The fourth-order valence-electron chi connectivity index (χ4n) is 10.1. The highest BCUT2D eigenvalue weighted by molar-refractivity contribution is 5.98. The standard InChI is InChI=1S/C52H88N10O15.2C2H4O2/c1-5-28(2)24-29(3)12-10-8-6-7-9-11-13-39(69)56-34-26-38(68)46(55-22-21-54)60-50(75)43-37(67)19-23-61(43)52(77)41(36(66)18-20-53)58-49(74)42(45(71)44(70)31-14-16-32(64)17-15-31)59-48(73)35-25-33(65)27-62(35)51(76)40(30(4)63)57-47(34)72;2*1-2(3)4/h14-17,28-30,33-38,40-46,55,63-68,70-71H,5-13,18-27,53-54H2,1-4H3,(H,56,69)(H,57,72)(H,58,74)(H,59,73)(H,60,75);2*1H3,(H,3,4)/t28-,29+,30+,33+,34-,35-,36+,37-,38+,40-,41-,42-,43-,44-,45-,46-;;/m0../s1/i21D2,22D2;;. The van der Waals surface area contributed by atoms with Gasteiger partial charge in [-0.05, 0) is 68.7 Å². The summed E-state index contributed by atoms with van der Waals surface area (Å²) in [5.74, 6) is -9.21. The van der Waals surface area contributed by atoms with Gasteiger partial charge in [0.15, 0.2) is 0 Å². The van der Waals surface area contributed by atoms with Crippen LogP contribution in [0, 0.1) is 11.8 Å². The number of hydrogen-bond acceptors (Lipinski definition) is 20. The van der Waals surface area contributed by atoms with Crippen molar-refractivity contribution in [1.82, 2.24) is 41.7 Å². The van der Waals surface area contributed by atoms with Gasteiger partial charge < -0.3 is 98.9 Å². The number of phenols is 1. The second kappa shape index (κ2) is 38.1. The topological polar surface area (TPSA) is 487 Å². The van der Waals surface area contributed by atoms with Crippen molar-refractivity contribution in [3.63, 3.8) is 0 Å².